The highest BCUT2D eigenvalue weighted by molar-refractivity contribution is 8.00. The van der Waals surface area contributed by atoms with Crippen LogP contribution >= 0.6 is 34.9 Å². The highest BCUT2D eigenvalue weighted by Crippen LogP contribution is 2.34. The van der Waals surface area contributed by atoms with Gasteiger partial charge in [0.2, 0.25) is 11.8 Å². The first kappa shape index (κ1) is 21.9. The van der Waals surface area contributed by atoms with Gasteiger partial charge in [0.15, 0.2) is 0 Å². The summed E-state index contributed by atoms with van der Waals surface area (Å²) in [5, 5.41) is 3.65. The number of aromatic nitrogens is 2. The lowest BCUT2D eigenvalue weighted by molar-refractivity contribution is -0.116. The largest absolute Gasteiger partial charge is 0.369 e. The minimum Gasteiger partial charge on any atom is -0.369 e. The Kier molecular flexibility index (Phi) is 6.99. The molecule has 0 radical (unpaired) electrons. The molecule has 0 aliphatic heterocycles. The van der Waals surface area contributed by atoms with E-state index >= 15 is 0 Å². The number of benzene rings is 1. The average Bonchev–Trinajstić information content (AvgIpc) is 3.31. The van der Waals surface area contributed by atoms with Crippen LogP contribution in [0.5, 0.6) is 0 Å². The third kappa shape index (κ3) is 5.31. The summed E-state index contributed by atoms with van der Waals surface area (Å²) in [6.45, 7) is 0. The number of anilines is 1. The Hall–Kier alpha value is -2.30. The number of carbonyl (C=O) groups excluding carboxylic acids is 2. The van der Waals surface area contributed by atoms with E-state index in [4.69, 9.17) is 5.73 Å². The highest BCUT2D eigenvalue weighted by atomic mass is 32.2. The van der Waals surface area contributed by atoms with Crippen molar-refractivity contribution in [3.05, 3.63) is 50.9 Å². The molecule has 162 valence electrons. The Morgan fingerprint density at radius 3 is 2.94 bits per heavy atom. The molecule has 2 amide bonds. The maximum atomic E-state index is 12.5. The Labute approximate surface area is 191 Å². The fourth-order valence-corrected chi connectivity index (χ4v) is 6.34. The number of hydrogen-bond donors (Lipinski definition) is 3. The van der Waals surface area contributed by atoms with Gasteiger partial charge in [0.25, 0.3) is 5.56 Å². The van der Waals surface area contributed by atoms with Crippen molar-refractivity contribution < 1.29 is 9.59 Å². The highest BCUT2D eigenvalue weighted by Gasteiger charge is 2.21. The number of aromatic amines is 1. The zero-order valence-electron chi connectivity index (χ0n) is 16.7. The van der Waals surface area contributed by atoms with Crippen LogP contribution in [0.1, 0.15) is 29.1 Å². The molecule has 0 bridgehead atoms. The first-order chi connectivity index (χ1) is 15.0. The SMILES string of the molecule is NC(=O)CSc1ccccc1NC(=O)CCSCc1nc2sc3c(c2c(=O)[nH]1)CCC3. The molecule has 1 aliphatic rings. The van der Waals surface area contributed by atoms with Crippen LogP contribution in [0, 0.1) is 0 Å². The van der Waals surface area contributed by atoms with Gasteiger partial charge in [-0.2, -0.15) is 11.8 Å². The molecule has 10 heteroatoms. The molecular weight excluding hydrogens is 452 g/mol. The molecule has 2 aromatic heterocycles. The number of nitrogens with two attached hydrogens (primary N) is 1. The van der Waals surface area contributed by atoms with E-state index in [0.717, 1.165) is 34.4 Å². The van der Waals surface area contributed by atoms with Gasteiger partial charge in [0.05, 0.1) is 22.6 Å². The number of carbonyl (C=O) groups is 2. The molecular formula is C21H22N4O3S3. The van der Waals surface area contributed by atoms with Gasteiger partial charge in [-0.3, -0.25) is 14.4 Å². The molecule has 4 rings (SSSR count). The second-order valence-electron chi connectivity index (χ2n) is 7.15. The summed E-state index contributed by atoms with van der Waals surface area (Å²) < 4.78 is 0. The number of aryl methyl sites for hydroxylation is 2. The van der Waals surface area contributed by atoms with Crippen molar-refractivity contribution >= 4 is 62.6 Å². The van der Waals surface area contributed by atoms with Crippen molar-refractivity contribution in [3.8, 4) is 0 Å². The number of thiophene rings is 1. The summed E-state index contributed by atoms with van der Waals surface area (Å²) >= 11 is 4.49. The van der Waals surface area contributed by atoms with Crippen molar-refractivity contribution in [2.75, 3.05) is 16.8 Å². The zero-order chi connectivity index (χ0) is 21.8. The normalized spacial score (nSPS) is 12.8. The molecule has 0 fully saturated rings. The Bertz CT molecular complexity index is 1190. The third-order valence-electron chi connectivity index (χ3n) is 4.87. The maximum absolute atomic E-state index is 12.5. The summed E-state index contributed by atoms with van der Waals surface area (Å²) in [7, 11) is 0. The summed E-state index contributed by atoms with van der Waals surface area (Å²) in [6, 6.07) is 7.33. The minimum absolute atomic E-state index is 0.0530. The van der Waals surface area contributed by atoms with Crippen molar-refractivity contribution in [2.24, 2.45) is 5.73 Å². The average molecular weight is 475 g/mol. The second-order valence-corrected chi connectivity index (χ2v) is 10.4. The van der Waals surface area contributed by atoms with E-state index in [1.807, 2.05) is 18.2 Å². The summed E-state index contributed by atoms with van der Waals surface area (Å²) in [4.78, 5) is 46.3. The van der Waals surface area contributed by atoms with Crippen LogP contribution in [0.2, 0.25) is 0 Å². The van der Waals surface area contributed by atoms with Crippen LogP contribution in [-0.2, 0) is 28.2 Å². The Morgan fingerprint density at radius 2 is 2.10 bits per heavy atom. The van der Waals surface area contributed by atoms with E-state index in [1.54, 1.807) is 29.2 Å². The van der Waals surface area contributed by atoms with Crippen molar-refractivity contribution in [1.82, 2.24) is 9.97 Å². The van der Waals surface area contributed by atoms with Gasteiger partial charge >= 0.3 is 0 Å². The van der Waals surface area contributed by atoms with E-state index in [2.05, 4.69) is 15.3 Å². The number of hydrogen-bond acceptors (Lipinski definition) is 7. The molecule has 1 aliphatic carbocycles. The van der Waals surface area contributed by atoms with Crippen LogP contribution in [0.15, 0.2) is 34.0 Å². The second kappa shape index (κ2) is 9.88. The van der Waals surface area contributed by atoms with Gasteiger partial charge in [0.1, 0.15) is 10.7 Å². The summed E-state index contributed by atoms with van der Waals surface area (Å²) in [5.74, 6) is 1.45. The van der Waals surface area contributed by atoms with Crippen molar-refractivity contribution in [1.29, 1.82) is 0 Å². The molecule has 0 spiro atoms. The third-order valence-corrected chi connectivity index (χ3v) is 8.12. The van der Waals surface area contributed by atoms with Crippen molar-refractivity contribution in [3.63, 3.8) is 0 Å². The van der Waals surface area contributed by atoms with Crippen LogP contribution in [-0.4, -0.2) is 33.3 Å². The van der Waals surface area contributed by atoms with Crippen LogP contribution in [0.4, 0.5) is 5.69 Å². The number of amides is 2. The molecule has 0 atom stereocenters. The molecule has 0 saturated heterocycles. The van der Waals surface area contributed by atoms with Gasteiger partial charge in [-0.1, -0.05) is 12.1 Å². The fourth-order valence-electron chi connectivity index (χ4n) is 3.51. The molecule has 31 heavy (non-hydrogen) atoms. The fraction of sp³-hybridized carbons (Fsp3) is 0.333. The van der Waals surface area contributed by atoms with E-state index in [0.29, 0.717) is 29.4 Å². The van der Waals surface area contributed by atoms with Gasteiger partial charge < -0.3 is 16.0 Å². The Morgan fingerprint density at radius 1 is 1.26 bits per heavy atom. The van der Waals surface area contributed by atoms with Crippen LogP contribution in [0.3, 0.4) is 0 Å². The zero-order valence-corrected chi connectivity index (χ0v) is 19.2. The van der Waals surface area contributed by atoms with E-state index < -0.39 is 5.91 Å². The quantitative estimate of drug-likeness (QED) is 0.323. The smallest absolute Gasteiger partial charge is 0.259 e. The lowest BCUT2D eigenvalue weighted by atomic mass is 10.2. The number of rotatable bonds is 9. The first-order valence-corrected chi connectivity index (χ1v) is 12.9. The van der Waals surface area contributed by atoms with E-state index in [-0.39, 0.29) is 17.2 Å². The van der Waals surface area contributed by atoms with Crippen molar-refractivity contribution in [2.45, 2.75) is 36.3 Å². The number of fused-ring (bicyclic) bond motifs is 3. The molecule has 4 N–H and O–H groups in total. The molecule has 3 aromatic rings. The molecule has 7 nitrogen and oxygen atoms in total. The standard InChI is InChI=1S/C21H22N4O3S3/c22-16(26)10-30-15-6-2-1-5-13(15)23-18(27)8-9-29-11-17-24-20(28)19-12-4-3-7-14(12)31-21(19)25-17/h1-2,5-6H,3-4,7-11H2,(H2,22,26)(H,23,27)(H,24,25,28). The van der Waals surface area contributed by atoms with E-state index in [1.165, 1.54) is 22.2 Å². The van der Waals surface area contributed by atoms with Gasteiger partial charge in [-0.25, -0.2) is 4.98 Å². The first-order valence-electron chi connectivity index (χ1n) is 9.92. The number of para-hydroxylation sites is 1. The number of H-pyrrole nitrogens is 1. The maximum Gasteiger partial charge on any atom is 0.259 e. The number of nitrogens with one attached hydrogen (secondary N) is 2. The molecule has 0 saturated carbocycles. The predicted molar refractivity (Wildman–Crippen MR) is 128 cm³/mol. The molecule has 0 unspecified atom stereocenters. The number of thioether (sulfide) groups is 2. The van der Waals surface area contributed by atoms with Gasteiger partial charge in [-0.05, 0) is 37.0 Å². The molecule has 1 aromatic carbocycles. The predicted octanol–water partition coefficient (Wildman–Crippen LogP) is 3.31. The van der Waals surface area contributed by atoms with Gasteiger partial charge in [0, 0.05) is 21.9 Å². The summed E-state index contributed by atoms with van der Waals surface area (Å²) in [6.07, 6.45) is 3.45. The summed E-state index contributed by atoms with van der Waals surface area (Å²) in [5.41, 5.74) is 7.00. The number of primary amides is 1. The lowest BCUT2D eigenvalue weighted by Crippen LogP contribution is -2.15. The number of nitrogens with zero attached hydrogens (tertiary/aromatic N) is 1. The molecule has 2 heterocycles. The lowest BCUT2D eigenvalue weighted by Gasteiger charge is -2.10. The topological polar surface area (TPSA) is 118 Å². The van der Waals surface area contributed by atoms with E-state index in [9.17, 15) is 14.4 Å². The van der Waals surface area contributed by atoms with Crippen LogP contribution in [0.25, 0.3) is 10.2 Å². The van der Waals surface area contributed by atoms with Crippen LogP contribution < -0.4 is 16.6 Å². The monoisotopic (exact) mass is 474 g/mol. The van der Waals surface area contributed by atoms with Gasteiger partial charge in [-0.15, -0.1) is 23.1 Å². The minimum atomic E-state index is -0.403. The Balaban J connectivity index is 1.29.